The zero-order chi connectivity index (χ0) is 29.9. The standard InChI is InChI=1S/C38H37NO4/c1-41-33-21-22-36(37(26-33)42-2)38(40)39(24-23-35(31-16-8-4-9-17-31)32-18-10-5-11-19-32)27-30-15-12-20-34(25-30)43-28-29-13-6-3-7-14-29/h3-22,25-26,35H,23-24,27-28H2,1-2H3. The Morgan fingerprint density at radius 1 is 0.651 bits per heavy atom. The molecule has 1 amide bonds. The van der Waals surface area contributed by atoms with Crippen LogP contribution < -0.4 is 14.2 Å². The molecule has 0 aliphatic heterocycles. The molecular formula is C38H37NO4. The van der Waals surface area contributed by atoms with Gasteiger partial charge < -0.3 is 19.1 Å². The van der Waals surface area contributed by atoms with Crippen LogP contribution in [0.25, 0.3) is 0 Å². The molecule has 0 saturated heterocycles. The van der Waals surface area contributed by atoms with Crippen LogP contribution in [0.3, 0.4) is 0 Å². The van der Waals surface area contributed by atoms with Gasteiger partial charge in [-0.1, -0.05) is 103 Å². The molecule has 0 bridgehead atoms. The Balaban J connectivity index is 1.42. The number of rotatable bonds is 13. The van der Waals surface area contributed by atoms with E-state index in [1.54, 1.807) is 32.4 Å². The van der Waals surface area contributed by atoms with E-state index in [1.165, 1.54) is 11.1 Å². The number of methoxy groups -OCH3 is 2. The molecular weight excluding hydrogens is 534 g/mol. The van der Waals surface area contributed by atoms with Crippen molar-refractivity contribution in [1.29, 1.82) is 0 Å². The molecule has 0 heterocycles. The molecule has 0 aromatic heterocycles. The topological polar surface area (TPSA) is 48.0 Å². The highest BCUT2D eigenvalue weighted by Crippen LogP contribution is 2.31. The fourth-order valence-corrected chi connectivity index (χ4v) is 5.27. The van der Waals surface area contributed by atoms with Gasteiger partial charge in [0.2, 0.25) is 0 Å². The van der Waals surface area contributed by atoms with Crippen LogP contribution in [0.1, 0.15) is 45.0 Å². The number of ether oxygens (including phenoxy) is 3. The van der Waals surface area contributed by atoms with Gasteiger partial charge in [0.15, 0.2) is 0 Å². The zero-order valence-corrected chi connectivity index (χ0v) is 24.7. The molecule has 0 aliphatic rings. The summed E-state index contributed by atoms with van der Waals surface area (Å²) in [6.07, 6.45) is 0.752. The quantitative estimate of drug-likeness (QED) is 0.143. The van der Waals surface area contributed by atoms with Crippen molar-refractivity contribution in [3.05, 3.63) is 161 Å². The third-order valence-corrected chi connectivity index (χ3v) is 7.54. The molecule has 0 fully saturated rings. The smallest absolute Gasteiger partial charge is 0.257 e. The maximum Gasteiger partial charge on any atom is 0.257 e. The van der Waals surface area contributed by atoms with E-state index < -0.39 is 0 Å². The van der Waals surface area contributed by atoms with Crippen LogP contribution in [-0.4, -0.2) is 31.6 Å². The molecule has 5 aromatic rings. The van der Waals surface area contributed by atoms with Crippen LogP contribution in [0.4, 0.5) is 0 Å². The average molecular weight is 572 g/mol. The summed E-state index contributed by atoms with van der Waals surface area (Å²) in [6.45, 7) is 1.44. The molecule has 43 heavy (non-hydrogen) atoms. The number of nitrogens with zero attached hydrogens (tertiary/aromatic N) is 1. The summed E-state index contributed by atoms with van der Waals surface area (Å²) in [6, 6.07) is 44.3. The molecule has 5 heteroatoms. The highest BCUT2D eigenvalue weighted by molar-refractivity contribution is 5.97. The molecule has 218 valence electrons. The fraction of sp³-hybridized carbons (Fsp3) is 0.184. The Labute approximate surface area is 254 Å². The van der Waals surface area contributed by atoms with Crippen molar-refractivity contribution in [3.8, 4) is 17.2 Å². The first kappa shape index (κ1) is 29.5. The van der Waals surface area contributed by atoms with Gasteiger partial charge in [-0.2, -0.15) is 0 Å². The maximum absolute atomic E-state index is 14.2. The van der Waals surface area contributed by atoms with Crippen LogP contribution in [-0.2, 0) is 13.2 Å². The van der Waals surface area contributed by atoms with Crippen molar-refractivity contribution in [2.45, 2.75) is 25.5 Å². The Hall–Kier alpha value is -5.03. The molecule has 5 rings (SSSR count). The molecule has 5 nitrogen and oxygen atoms in total. The number of carbonyl (C=O) groups excluding carboxylic acids is 1. The van der Waals surface area contributed by atoms with E-state index in [9.17, 15) is 4.79 Å². The van der Waals surface area contributed by atoms with Crippen LogP contribution >= 0.6 is 0 Å². The zero-order valence-electron chi connectivity index (χ0n) is 24.7. The summed E-state index contributed by atoms with van der Waals surface area (Å²) >= 11 is 0. The van der Waals surface area contributed by atoms with Crippen molar-refractivity contribution in [2.75, 3.05) is 20.8 Å². The summed E-state index contributed by atoms with van der Waals surface area (Å²) in [5, 5.41) is 0. The molecule has 0 aliphatic carbocycles. The second-order valence-corrected chi connectivity index (χ2v) is 10.4. The lowest BCUT2D eigenvalue weighted by molar-refractivity contribution is 0.0735. The molecule has 0 atom stereocenters. The van der Waals surface area contributed by atoms with Crippen molar-refractivity contribution in [3.63, 3.8) is 0 Å². The van der Waals surface area contributed by atoms with Crippen LogP contribution in [0.5, 0.6) is 17.2 Å². The lowest BCUT2D eigenvalue weighted by Gasteiger charge is -2.27. The largest absolute Gasteiger partial charge is 0.497 e. The first-order valence-electron chi connectivity index (χ1n) is 14.5. The summed E-state index contributed by atoms with van der Waals surface area (Å²) in [5.74, 6) is 1.92. The minimum absolute atomic E-state index is 0.102. The highest BCUT2D eigenvalue weighted by atomic mass is 16.5. The molecule has 0 radical (unpaired) electrons. The van der Waals surface area contributed by atoms with E-state index in [0.717, 1.165) is 23.3 Å². The number of hydrogen-bond donors (Lipinski definition) is 0. The number of carbonyl (C=O) groups is 1. The second kappa shape index (κ2) is 14.7. The molecule has 0 N–H and O–H groups in total. The van der Waals surface area contributed by atoms with Crippen LogP contribution in [0.2, 0.25) is 0 Å². The third kappa shape index (κ3) is 7.83. The lowest BCUT2D eigenvalue weighted by Crippen LogP contribution is -2.32. The fourth-order valence-electron chi connectivity index (χ4n) is 5.27. The normalized spacial score (nSPS) is 10.8. The van der Waals surface area contributed by atoms with Crippen molar-refractivity contribution in [1.82, 2.24) is 4.90 Å². The Bertz CT molecular complexity index is 1550. The Morgan fingerprint density at radius 2 is 1.28 bits per heavy atom. The van der Waals surface area contributed by atoms with Gasteiger partial charge in [0.05, 0.1) is 19.8 Å². The molecule has 5 aromatic carbocycles. The second-order valence-electron chi connectivity index (χ2n) is 10.4. The lowest BCUT2D eigenvalue weighted by atomic mass is 9.88. The number of benzene rings is 5. The minimum atomic E-state index is -0.102. The van der Waals surface area contributed by atoms with Crippen molar-refractivity contribution < 1.29 is 19.0 Å². The van der Waals surface area contributed by atoms with Gasteiger partial charge in [0.25, 0.3) is 5.91 Å². The van der Waals surface area contributed by atoms with Crippen molar-refractivity contribution in [2.24, 2.45) is 0 Å². The number of hydrogen-bond acceptors (Lipinski definition) is 4. The summed E-state index contributed by atoms with van der Waals surface area (Å²) in [7, 11) is 3.17. The van der Waals surface area contributed by atoms with E-state index in [1.807, 2.05) is 71.6 Å². The molecule has 0 saturated carbocycles. The summed E-state index contributed by atoms with van der Waals surface area (Å²) in [5.41, 5.74) is 5.03. The first-order chi connectivity index (χ1) is 21.1. The van der Waals surface area contributed by atoms with Gasteiger partial charge in [0.1, 0.15) is 23.9 Å². The summed E-state index contributed by atoms with van der Waals surface area (Å²) in [4.78, 5) is 16.1. The van der Waals surface area contributed by atoms with Gasteiger partial charge in [0, 0.05) is 25.1 Å². The Kier molecular flexibility index (Phi) is 10.1. The van der Waals surface area contributed by atoms with E-state index in [0.29, 0.717) is 36.8 Å². The monoisotopic (exact) mass is 571 g/mol. The third-order valence-electron chi connectivity index (χ3n) is 7.54. The van der Waals surface area contributed by atoms with Gasteiger partial charge in [-0.05, 0) is 52.9 Å². The van der Waals surface area contributed by atoms with Gasteiger partial charge in [-0.3, -0.25) is 4.79 Å². The van der Waals surface area contributed by atoms with Gasteiger partial charge in [-0.25, -0.2) is 0 Å². The van der Waals surface area contributed by atoms with E-state index in [2.05, 4.69) is 48.5 Å². The van der Waals surface area contributed by atoms with E-state index in [4.69, 9.17) is 14.2 Å². The van der Waals surface area contributed by atoms with Gasteiger partial charge >= 0.3 is 0 Å². The predicted molar refractivity (Wildman–Crippen MR) is 171 cm³/mol. The number of amides is 1. The molecule has 0 unspecified atom stereocenters. The van der Waals surface area contributed by atoms with Crippen LogP contribution in [0, 0.1) is 0 Å². The van der Waals surface area contributed by atoms with Crippen LogP contribution in [0.15, 0.2) is 133 Å². The first-order valence-corrected chi connectivity index (χ1v) is 14.5. The minimum Gasteiger partial charge on any atom is -0.497 e. The van der Waals surface area contributed by atoms with E-state index in [-0.39, 0.29) is 11.8 Å². The predicted octanol–water partition coefficient (Wildman–Crippen LogP) is 8.15. The molecule has 0 spiro atoms. The summed E-state index contributed by atoms with van der Waals surface area (Å²) < 4.78 is 17.1. The SMILES string of the molecule is COc1ccc(C(=O)N(CCC(c2ccccc2)c2ccccc2)Cc2cccc(OCc3ccccc3)c2)c(OC)c1. The van der Waals surface area contributed by atoms with Crippen molar-refractivity contribution >= 4 is 5.91 Å². The van der Waals surface area contributed by atoms with Gasteiger partial charge in [-0.15, -0.1) is 0 Å². The highest BCUT2D eigenvalue weighted by Gasteiger charge is 2.23. The van der Waals surface area contributed by atoms with E-state index >= 15 is 0 Å². The average Bonchev–Trinajstić information content (AvgIpc) is 3.08. The maximum atomic E-state index is 14.2. The Morgan fingerprint density at radius 3 is 1.91 bits per heavy atom.